The molecule has 0 radical (unpaired) electrons. The summed E-state index contributed by atoms with van der Waals surface area (Å²) in [7, 11) is -3.12. The highest BCUT2D eigenvalue weighted by atomic mass is 32.2. The van der Waals surface area contributed by atoms with E-state index in [1.54, 1.807) is 4.90 Å². The topological polar surface area (TPSA) is 84.4 Å². The van der Waals surface area contributed by atoms with E-state index in [0.29, 0.717) is 39.3 Å². The van der Waals surface area contributed by atoms with Crippen molar-refractivity contribution in [3.8, 4) is 0 Å². The van der Waals surface area contributed by atoms with Gasteiger partial charge in [-0.3, -0.25) is 0 Å². The van der Waals surface area contributed by atoms with Crippen LogP contribution in [0.3, 0.4) is 0 Å². The molecule has 1 amide bonds. The summed E-state index contributed by atoms with van der Waals surface area (Å²) in [6.07, 6.45) is 0.438. The number of carbonyl (C=O) groups is 1. The van der Waals surface area contributed by atoms with Crippen LogP contribution in [0.2, 0.25) is 0 Å². The molecule has 0 bridgehead atoms. The molecule has 4 rings (SSSR count). The van der Waals surface area contributed by atoms with E-state index in [0.717, 1.165) is 24.5 Å². The molecule has 3 heterocycles. The Morgan fingerprint density at radius 2 is 1.31 bits per heavy atom. The van der Waals surface area contributed by atoms with Gasteiger partial charge in [-0.15, -0.1) is 0 Å². The van der Waals surface area contributed by atoms with Crippen LogP contribution in [0.4, 0.5) is 16.2 Å². The summed E-state index contributed by atoms with van der Waals surface area (Å²) in [6, 6.07) is 8.46. The fourth-order valence-electron chi connectivity index (χ4n) is 5.13. The summed E-state index contributed by atoms with van der Waals surface area (Å²) < 4.78 is 24.9. The fraction of sp³-hybridized carbons (Fsp3) is 0.650. The Bertz CT molecular complexity index is 878. The zero-order valence-electron chi connectivity index (χ0n) is 17.3. The lowest BCUT2D eigenvalue weighted by Gasteiger charge is -2.35. The highest BCUT2D eigenvalue weighted by Crippen LogP contribution is 2.52. The molecular weight excluding hydrogens is 392 g/mol. The Balaban J connectivity index is 1.42. The standard InChI is InChI=1S/C20H30N4O4S/c1-19-12-22(13-20(19,2)15-23(14-19)18(25)26)17-6-4-16(5-7-17)21-8-10-24(11-9-21)29(3,27)28/h4-7H,8-15H2,1-3H3,(H,25,26). The first-order valence-electron chi connectivity index (χ1n) is 10.0. The van der Waals surface area contributed by atoms with E-state index in [2.05, 4.69) is 47.9 Å². The highest BCUT2D eigenvalue weighted by molar-refractivity contribution is 7.88. The Morgan fingerprint density at radius 3 is 1.72 bits per heavy atom. The minimum Gasteiger partial charge on any atom is -0.465 e. The van der Waals surface area contributed by atoms with Crippen molar-refractivity contribution in [1.29, 1.82) is 0 Å². The number of hydrogen-bond donors (Lipinski definition) is 1. The molecule has 1 N–H and O–H groups in total. The molecule has 8 nitrogen and oxygen atoms in total. The summed E-state index contributed by atoms with van der Waals surface area (Å²) >= 11 is 0. The van der Waals surface area contributed by atoms with Gasteiger partial charge in [0.05, 0.1) is 6.26 Å². The van der Waals surface area contributed by atoms with Gasteiger partial charge >= 0.3 is 6.09 Å². The number of nitrogens with zero attached hydrogens (tertiary/aromatic N) is 4. The Kier molecular flexibility index (Phi) is 4.73. The van der Waals surface area contributed by atoms with E-state index in [-0.39, 0.29) is 10.8 Å². The first-order chi connectivity index (χ1) is 13.5. The van der Waals surface area contributed by atoms with Crippen LogP contribution in [0.15, 0.2) is 24.3 Å². The summed E-state index contributed by atoms with van der Waals surface area (Å²) in [5, 5.41) is 9.37. The van der Waals surface area contributed by atoms with E-state index in [4.69, 9.17) is 0 Å². The maximum Gasteiger partial charge on any atom is 0.407 e. The molecule has 2 atom stereocenters. The molecule has 0 saturated carbocycles. The number of anilines is 2. The van der Waals surface area contributed by atoms with Gasteiger partial charge in [-0.05, 0) is 24.3 Å². The SMILES string of the molecule is CC12CN(C(=O)O)CC1(C)CN(c1ccc(N3CCN(S(C)(=O)=O)CC3)cc1)C2. The van der Waals surface area contributed by atoms with E-state index < -0.39 is 16.1 Å². The van der Waals surface area contributed by atoms with Crippen LogP contribution in [-0.4, -0.2) is 87.4 Å². The maximum absolute atomic E-state index is 11.7. The number of likely N-dealkylation sites (tertiary alicyclic amines) is 1. The Labute approximate surface area is 172 Å². The van der Waals surface area contributed by atoms with Gasteiger partial charge in [-0.25, -0.2) is 13.2 Å². The quantitative estimate of drug-likeness (QED) is 0.797. The molecule has 1 aromatic carbocycles. The smallest absolute Gasteiger partial charge is 0.407 e. The minimum absolute atomic E-state index is 0.0496. The van der Waals surface area contributed by atoms with E-state index >= 15 is 0 Å². The number of rotatable bonds is 3. The Morgan fingerprint density at radius 1 is 0.862 bits per heavy atom. The lowest BCUT2D eigenvalue weighted by atomic mass is 9.71. The largest absolute Gasteiger partial charge is 0.465 e. The molecule has 0 aromatic heterocycles. The van der Waals surface area contributed by atoms with E-state index in [1.165, 1.54) is 10.6 Å². The van der Waals surface area contributed by atoms with Crippen LogP contribution < -0.4 is 9.80 Å². The molecule has 3 aliphatic rings. The van der Waals surface area contributed by atoms with Gasteiger partial charge in [0, 0.05) is 74.6 Å². The molecule has 3 aliphatic heterocycles. The zero-order valence-corrected chi connectivity index (χ0v) is 18.2. The fourth-order valence-corrected chi connectivity index (χ4v) is 5.96. The second-order valence-corrected chi connectivity index (χ2v) is 11.3. The molecular formula is C20H30N4O4S. The average molecular weight is 423 g/mol. The van der Waals surface area contributed by atoms with Crippen molar-refractivity contribution in [2.75, 3.05) is 68.4 Å². The van der Waals surface area contributed by atoms with Crippen molar-refractivity contribution < 1.29 is 18.3 Å². The maximum atomic E-state index is 11.7. The average Bonchev–Trinajstić information content (AvgIpc) is 3.06. The van der Waals surface area contributed by atoms with Crippen molar-refractivity contribution >= 4 is 27.5 Å². The normalized spacial score (nSPS) is 30.7. The molecule has 1 aromatic rings. The second-order valence-electron chi connectivity index (χ2n) is 9.28. The summed E-state index contributed by atoms with van der Waals surface area (Å²) in [6.45, 7) is 9.67. The van der Waals surface area contributed by atoms with Crippen LogP contribution in [-0.2, 0) is 10.0 Å². The van der Waals surface area contributed by atoms with Crippen LogP contribution in [0, 0.1) is 10.8 Å². The van der Waals surface area contributed by atoms with E-state index in [9.17, 15) is 18.3 Å². The van der Waals surface area contributed by atoms with Crippen molar-refractivity contribution in [2.24, 2.45) is 10.8 Å². The van der Waals surface area contributed by atoms with Crippen molar-refractivity contribution in [2.45, 2.75) is 13.8 Å². The lowest BCUT2D eigenvalue weighted by molar-refractivity contribution is 0.149. The van der Waals surface area contributed by atoms with Crippen LogP contribution >= 0.6 is 0 Å². The van der Waals surface area contributed by atoms with Crippen LogP contribution in [0.1, 0.15) is 13.8 Å². The molecule has 0 aliphatic carbocycles. The summed E-state index contributed by atoms with van der Waals surface area (Å²) in [5.41, 5.74) is 2.16. The first kappa shape index (κ1) is 20.3. The predicted molar refractivity (Wildman–Crippen MR) is 113 cm³/mol. The van der Waals surface area contributed by atoms with Crippen molar-refractivity contribution in [3.05, 3.63) is 24.3 Å². The van der Waals surface area contributed by atoms with Crippen LogP contribution in [0.5, 0.6) is 0 Å². The molecule has 29 heavy (non-hydrogen) atoms. The number of carboxylic acid groups (broad SMARTS) is 1. The zero-order chi connectivity index (χ0) is 21.0. The number of piperazine rings is 1. The molecule has 2 unspecified atom stereocenters. The number of amides is 1. The number of benzene rings is 1. The summed E-state index contributed by atoms with van der Waals surface area (Å²) in [4.78, 5) is 17.5. The van der Waals surface area contributed by atoms with E-state index in [1.807, 2.05) is 0 Å². The predicted octanol–water partition coefficient (Wildman–Crippen LogP) is 1.59. The molecule has 3 saturated heterocycles. The minimum atomic E-state index is -3.12. The second kappa shape index (κ2) is 6.77. The van der Waals surface area contributed by atoms with Gasteiger partial charge in [0.15, 0.2) is 0 Å². The third-order valence-corrected chi connectivity index (χ3v) is 8.48. The lowest BCUT2D eigenvalue weighted by Crippen LogP contribution is -2.48. The monoisotopic (exact) mass is 422 g/mol. The number of fused-ring (bicyclic) bond motifs is 1. The first-order valence-corrected chi connectivity index (χ1v) is 11.9. The van der Waals surface area contributed by atoms with Gasteiger partial charge in [-0.2, -0.15) is 4.31 Å². The van der Waals surface area contributed by atoms with Crippen LogP contribution in [0.25, 0.3) is 0 Å². The Hall–Kier alpha value is -2.00. The van der Waals surface area contributed by atoms with Gasteiger partial charge in [-0.1, -0.05) is 13.8 Å². The third kappa shape index (κ3) is 3.54. The van der Waals surface area contributed by atoms with Crippen molar-refractivity contribution in [3.63, 3.8) is 0 Å². The number of hydrogen-bond acceptors (Lipinski definition) is 5. The third-order valence-electron chi connectivity index (χ3n) is 7.17. The molecule has 9 heteroatoms. The van der Waals surface area contributed by atoms with Gasteiger partial charge in [0.1, 0.15) is 0 Å². The number of sulfonamides is 1. The molecule has 160 valence electrons. The molecule has 0 spiro atoms. The van der Waals surface area contributed by atoms with Gasteiger partial charge in [0.2, 0.25) is 10.0 Å². The van der Waals surface area contributed by atoms with Crippen molar-refractivity contribution in [1.82, 2.24) is 9.21 Å². The summed E-state index contributed by atoms with van der Waals surface area (Å²) in [5.74, 6) is 0. The van der Waals surface area contributed by atoms with Gasteiger partial charge < -0.3 is 19.8 Å². The highest BCUT2D eigenvalue weighted by Gasteiger charge is 2.58. The molecule has 3 fully saturated rings. The van der Waals surface area contributed by atoms with Gasteiger partial charge in [0.25, 0.3) is 0 Å².